The average molecular weight is 165 g/mol. The molecule has 1 nitrogen and oxygen atoms in total. The highest BCUT2D eigenvalue weighted by Gasteiger charge is 2.30. The van der Waals surface area contributed by atoms with Gasteiger partial charge in [-0.25, -0.2) is 0 Å². The number of terminal acetylenes is 1. The molecule has 0 saturated heterocycles. The van der Waals surface area contributed by atoms with Gasteiger partial charge in [-0.1, -0.05) is 0 Å². The van der Waals surface area contributed by atoms with Crippen molar-refractivity contribution in [2.24, 2.45) is 0 Å². The van der Waals surface area contributed by atoms with E-state index in [1.54, 1.807) is 0 Å². The smallest absolute Gasteiger partial charge is 0.316 e. The van der Waals surface area contributed by atoms with Crippen molar-refractivity contribution in [1.29, 1.82) is 0 Å². The molecule has 0 aromatic rings. The fourth-order valence-electron chi connectivity index (χ4n) is 0.698. The van der Waals surface area contributed by atoms with Gasteiger partial charge >= 0.3 is 6.18 Å². The van der Waals surface area contributed by atoms with Crippen LogP contribution in [-0.2, 0) is 0 Å². The van der Waals surface area contributed by atoms with Crippen molar-refractivity contribution in [3.8, 4) is 12.3 Å². The highest BCUT2D eigenvalue weighted by molar-refractivity contribution is 4.90. The first-order valence-electron chi connectivity index (χ1n) is 3.17. The van der Waals surface area contributed by atoms with E-state index < -0.39 is 18.6 Å². The number of rotatable bonds is 3. The van der Waals surface area contributed by atoms with Gasteiger partial charge < -0.3 is 5.32 Å². The molecular weight excluding hydrogens is 155 g/mol. The number of alkyl halides is 3. The Morgan fingerprint density at radius 3 is 2.36 bits per heavy atom. The molecule has 1 atom stereocenters. The van der Waals surface area contributed by atoms with Crippen molar-refractivity contribution in [2.45, 2.75) is 25.1 Å². The molecule has 0 aliphatic carbocycles. The van der Waals surface area contributed by atoms with Gasteiger partial charge in [0.1, 0.15) is 0 Å². The van der Waals surface area contributed by atoms with Crippen LogP contribution in [0.4, 0.5) is 13.2 Å². The Balaban J connectivity index is 3.80. The monoisotopic (exact) mass is 165 g/mol. The largest absolute Gasteiger partial charge is 0.390 e. The van der Waals surface area contributed by atoms with Crippen LogP contribution in [0.5, 0.6) is 0 Å². The van der Waals surface area contributed by atoms with Gasteiger partial charge in [-0.2, -0.15) is 13.2 Å². The molecule has 0 amide bonds. The molecule has 0 aromatic carbocycles. The van der Waals surface area contributed by atoms with Gasteiger partial charge in [-0.3, -0.25) is 0 Å². The Morgan fingerprint density at radius 1 is 1.55 bits per heavy atom. The van der Waals surface area contributed by atoms with Crippen LogP contribution in [0, 0.1) is 12.3 Å². The summed E-state index contributed by atoms with van der Waals surface area (Å²) < 4.78 is 35.1. The van der Waals surface area contributed by atoms with Crippen molar-refractivity contribution in [1.82, 2.24) is 5.32 Å². The summed E-state index contributed by atoms with van der Waals surface area (Å²) in [5.41, 5.74) is 0. The highest BCUT2D eigenvalue weighted by atomic mass is 19.4. The quantitative estimate of drug-likeness (QED) is 0.625. The third-order valence-corrected chi connectivity index (χ3v) is 1.25. The number of hydrogen-bond donors (Lipinski definition) is 1. The molecule has 0 rings (SSSR count). The summed E-state index contributed by atoms with van der Waals surface area (Å²) in [6.45, 7) is 0. The van der Waals surface area contributed by atoms with E-state index >= 15 is 0 Å². The van der Waals surface area contributed by atoms with Gasteiger partial charge in [0.05, 0.1) is 6.42 Å². The molecule has 64 valence electrons. The molecule has 1 unspecified atom stereocenters. The van der Waals surface area contributed by atoms with Crippen LogP contribution in [0.2, 0.25) is 0 Å². The lowest BCUT2D eigenvalue weighted by atomic mass is 10.1. The molecule has 0 aliphatic rings. The molecule has 0 heterocycles. The lowest BCUT2D eigenvalue weighted by molar-refractivity contribution is -0.139. The third-order valence-electron chi connectivity index (χ3n) is 1.25. The summed E-state index contributed by atoms with van der Waals surface area (Å²) in [6, 6.07) is -0.653. The van der Waals surface area contributed by atoms with Gasteiger partial charge in [0, 0.05) is 12.5 Å². The van der Waals surface area contributed by atoms with Crippen molar-refractivity contribution in [3.63, 3.8) is 0 Å². The zero-order valence-corrected chi connectivity index (χ0v) is 6.20. The van der Waals surface area contributed by atoms with E-state index in [2.05, 4.69) is 11.2 Å². The van der Waals surface area contributed by atoms with Crippen LogP contribution in [-0.4, -0.2) is 19.3 Å². The normalized spacial score (nSPS) is 14.1. The van der Waals surface area contributed by atoms with Crippen LogP contribution < -0.4 is 5.32 Å². The Morgan fingerprint density at radius 2 is 2.09 bits per heavy atom. The predicted octanol–water partition coefficient (Wildman–Crippen LogP) is 1.55. The first-order valence-corrected chi connectivity index (χ1v) is 3.17. The minimum absolute atomic E-state index is 0.107. The molecule has 0 aliphatic heterocycles. The maximum absolute atomic E-state index is 11.7. The SMILES string of the molecule is C#CCC(CC(F)(F)F)NC. The number of halogens is 3. The minimum atomic E-state index is -4.13. The van der Waals surface area contributed by atoms with Crippen LogP contribution in [0.25, 0.3) is 0 Å². The maximum atomic E-state index is 11.7. The van der Waals surface area contributed by atoms with Gasteiger partial charge in [0.15, 0.2) is 0 Å². The summed E-state index contributed by atoms with van der Waals surface area (Å²) >= 11 is 0. The van der Waals surface area contributed by atoms with E-state index in [4.69, 9.17) is 6.42 Å². The lowest BCUT2D eigenvalue weighted by Gasteiger charge is -2.14. The molecular formula is C7H10F3N. The molecule has 4 heteroatoms. The zero-order valence-electron chi connectivity index (χ0n) is 6.20. The fourth-order valence-corrected chi connectivity index (χ4v) is 0.698. The van der Waals surface area contributed by atoms with Crippen molar-refractivity contribution in [2.75, 3.05) is 7.05 Å². The van der Waals surface area contributed by atoms with Crippen molar-refractivity contribution >= 4 is 0 Å². The molecule has 11 heavy (non-hydrogen) atoms. The second kappa shape index (κ2) is 4.24. The number of hydrogen-bond acceptors (Lipinski definition) is 1. The molecule has 0 fully saturated rings. The van der Waals surface area contributed by atoms with Crippen molar-refractivity contribution < 1.29 is 13.2 Å². The van der Waals surface area contributed by atoms with Crippen LogP contribution in [0.3, 0.4) is 0 Å². The van der Waals surface area contributed by atoms with E-state index in [-0.39, 0.29) is 6.42 Å². The minimum Gasteiger partial charge on any atom is -0.316 e. The Labute approximate surface area is 64.0 Å². The predicted molar refractivity (Wildman–Crippen MR) is 37.0 cm³/mol. The Bertz CT molecular complexity index is 145. The van der Waals surface area contributed by atoms with Gasteiger partial charge in [-0.05, 0) is 7.05 Å². The topological polar surface area (TPSA) is 12.0 Å². The van der Waals surface area contributed by atoms with E-state index in [0.717, 1.165) is 0 Å². The summed E-state index contributed by atoms with van der Waals surface area (Å²) in [7, 11) is 1.47. The van der Waals surface area contributed by atoms with Gasteiger partial charge in [-0.15, -0.1) is 12.3 Å². The Hall–Kier alpha value is -0.690. The van der Waals surface area contributed by atoms with E-state index in [1.165, 1.54) is 7.05 Å². The second-order valence-electron chi connectivity index (χ2n) is 2.21. The van der Waals surface area contributed by atoms with Crippen LogP contribution in [0.1, 0.15) is 12.8 Å². The summed E-state index contributed by atoms with van der Waals surface area (Å²) in [5.74, 6) is 2.18. The van der Waals surface area contributed by atoms with Crippen LogP contribution in [0.15, 0.2) is 0 Å². The molecule has 0 saturated carbocycles. The first kappa shape index (κ1) is 10.3. The second-order valence-corrected chi connectivity index (χ2v) is 2.21. The summed E-state index contributed by atoms with van der Waals surface area (Å²) in [4.78, 5) is 0. The molecule has 0 radical (unpaired) electrons. The Kier molecular flexibility index (Phi) is 3.98. The lowest BCUT2D eigenvalue weighted by Crippen LogP contribution is -2.30. The number of nitrogens with one attached hydrogen (secondary N) is 1. The summed E-state index contributed by atoms with van der Waals surface area (Å²) in [5, 5.41) is 2.50. The molecule has 1 N–H and O–H groups in total. The fraction of sp³-hybridized carbons (Fsp3) is 0.714. The highest BCUT2D eigenvalue weighted by Crippen LogP contribution is 2.22. The first-order chi connectivity index (χ1) is 4.99. The molecule has 0 spiro atoms. The van der Waals surface area contributed by atoms with Crippen molar-refractivity contribution in [3.05, 3.63) is 0 Å². The molecule has 0 bridgehead atoms. The van der Waals surface area contributed by atoms with Crippen LogP contribution >= 0.6 is 0 Å². The maximum Gasteiger partial charge on any atom is 0.390 e. The van der Waals surface area contributed by atoms with Gasteiger partial charge in [0.25, 0.3) is 0 Å². The molecule has 0 aromatic heterocycles. The third kappa shape index (κ3) is 5.74. The zero-order chi connectivity index (χ0) is 8.91. The summed E-state index contributed by atoms with van der Waals surface area (Å²) in [6.07, 6.45) is -0.0281. The average Bonchev–Trinajstić information content (AvgIpc) is 1.84. The van der Waals surface area contributed by atoms with E-state index in [1.807, 2.05) is 0 Å². The van der Waals surface area contributed by atoms with E-state index in [0.29, 0.717) is 0 Å². The van der Waals surface area contributed by atoms with Gasteiger partial charge in [0.2, 0.25) is 0 Å². The van der Waals surface area contributed by atoms with E-state index in [9.17, 15) is 13.2 Å². The standard InChI is InChI=1S/C7H10F3N/c1-3-4-6(11-2)5-7(8,9)10/h1,6,11H,4-5H2,2H3.